The third-order valence-corrected chi connectivity index (χ3v) is 5.16. The summed E-state index contributed by atoms with van der Waals surface area (Å²) < 4.78 is 0. The molecule has 0 spiro atoms. The quantitative estimate of drug-likeness (QED) is 0.457. The first-order valence-corrected chi connectivity index (χ1v) is 9.31. The minimum absolute atomic E-state index is 0.230. The van der Waals surface area contributed by atoms with Crippen molar-refractivity contribution < 1.29 is 19.5 Å². The molecule has 1 aromatic carbocycles. The number of unbranched alkanes of at least 4 members (excludes halogenated alkanes) is 1. The SMILES string of the molecule is O=C(O)CN1C(=O)c2ccc(N=CCCCC3CCCCC3)cc2C1=O. The predicted molar refractivity (Wildman–Crippen MR) is 98.0 cm³/mol. The van der Waals surface area contributed by atoms with E-state index in [1.165, 1.54) is 38.5 Å². The number of amides is 2. The van der Waals surface area contributed by atoms with Crippen molar-refractivity contribution in [2.24, 2.45) is 10.9 Å². The van der Waals surface area contributed by atoms with Gasteiger partial charge in [-0.05, 0) is 37.0 Å². The fraction of sp³-hybridized carbons (Fsp3) is 0.500. The molecule has 3 rings (SSSR count). The Kier molecular flexibility index (Phi) is 5.81. The molecule has 6 nitrogen and oxygen atoms in total. The molecule has 6 heteroatoms. The van der Waals surface area contributed by atoms with Crippen molar-refractivity contribution in [1.29, 1.82) is 0 Å². The number of hydrogen-bond donors (Lipinski definition) is 1. The van der Waals surface area contributed by atoms with Gasteiger partial charge in [0.2, 0.25) is 0 Å². The molecule has 2 aliphatic rings. The summed E-state index contributed by atoms with van der Waals surface area (Å²) in [5.41, 5.74) is 1.08. The number of carbonyl (C=O) groups excluding carboxylic acids is 2. The first-order valence-electron chi connectivity index (χ1n) is 9.31. The molecule has 0 radical (unpaired) electrons. The summed E-state index contributed by atoms with van der Waals surface area (Å²) in [6, 6.07) is 4.80. The third kappa shape index (κ3) is 4.18. The van der Waals surface area contributed by atoms with E-state index in [-0.39, 0.29) is 11.1 Å². The second-order valence-electron chi connectivity index (χ2n) is 7.07. The van der Waals surface area contributed by atoms with Gasteiger partial charge in [0.05, 0.1) is 16.8 Å². The van der Waals surface area contributed by atoms with Gasteiger partial charge in [-0.3, -0.25) is 24.3 Å². The zero-order valence-corrected chi connectivity index (χ0v) is 14.8. The van der Waals surface area contributed by atoms with Gasteiger partial charge in [-0.1, -0.05) is 38.5 Å². The minimum atomic E-state index is -1.21. The normalized spacial score (nSPS) is 17.9. The Balaban J connectivity index is 1.56. The summed E-state index contributed by atoms with van der Waals surface area (Å²) in [7, 11) is 0. The smallest absolute Gasteiger partial charge is 0.323 e. The van der Waals surface area contributed by atoms with Crippen LogP contribution in [0.1, 0.15) is 72.1 Å². The molecule has 0 saturated heterocycles. The molecular weight excluding hydrogens is 332 g/mol. The van der Waals surface area contributed by atoms with E-state index in [9.17, 15) is 14.4 Å². The number of benzene rings is 1. The van der Waals surface area contributed by atoms with E-state index in [4.69, 9.17) is 5.11 Å². The zero-order chi connectivity index (χ0) is 18.5. The van der Waals surface area contributed by atoms with Crippen molar-refractivity contribution in [3.63, 3.8) is 0 Å². The van der Waals surface area contributed by atoms with Crippen LogP contribution >= 0.6 is 0 Å². The lowest BCUT2D eigenvalue weighted by molar-refractivity contribution is -0.137. The van der Waals surface area contributed by atoms with Gasteiger partial charge in [0.25, 0.3) is 11.8 Å². The summed E-state index contributed by atoms with van der Waals surface area (Å²) in [5.74, 6) is -1.48. The molecule has 1 aliphatic carbocycles. The van der Waals surface area contributed by atoms with Crippen LogP contribution in [0.2, 0.25) is 0 Å². The average Bonchev–Trinajstić information content (AvgIpc) is 2.86. The van der Waals surface area contributed by atoms with Crippen molar-refractivity contribution in [3.05, 3.63) is 29.3 Å². The van der Waals surface area contributed by atoms with Gasteiger partial charge in [0, 0.05) is 6.21 Å². The molecule has 0 bridgehead atoms. The van der Waals surface area contributed by atoms with Crippen molar-refractivity contribution in [2.45, 2.75) is 51.4 Å². The minimum Gasteiger partial charge on any atom is -0.480 e. The number of carbonyl (C=O) groups is 3. The van der Waals surface area contributed by atoms with Gasteiger partial charge in [0.1, 0.15) is 6.54 Å². The van der Waals surface area contributed by atoms with Crippen LogP contribution < -0.4 is 0 Å². The number of aliphatic carboxylic acids is 1. The summed E-state index contributed by atoms with van der Waals surface area (Å²) in [6.45, 7) is -0.619. The molecule has 1 aromatic rings. The van der Waals surface area contributed by atoms with Crippen molar-refractivity contribution in [2.75, 3.05) is 6.54 Å². The largest absolute Gasteiger partial charge is 0.480 e. The van der Waals surface area contributed by atoms with E-state index in [0.717, 1.165) is 23.7 Å². The van der Waals surface area contributed by atoms with Crippen LogP contribution in [0.4, 0.5) is 5.69 Å². The molecular formula is C20H24N2O4. The highest BCUT2D eigenvalue weighted by molar-refractivity contribution is 6.22. The zero-order valence-electron chi connectivity index (χ0n) is 14.8. The highest BCUT2D eigenvalue weighted by atomic mass is 16.4. The highest BCUT2D eigenvalue weighted by Gasteiger charge is 2.36. The van der Waals surface area contributed by atoms with E-state index >= 15 is 0 Å². The van der Waals surface area contributed by atoms with Crippen LogP contribution in [-0.2, 0) is 4.79 Å². The maximum atomic E-state index is 12.2. The van der Waals surface area contributed by atoms with Crippen LogP contribution in [0.3, 0.4) is 0 Å². The lowest BCUT2D eigenvalue weighted by Gasteiger charge is -2.20. The number of nitrogens with zero attached hydrogens (tertiary/aromatic N) is 2. The topological polar surface area (TPSA) is 87.0 Å². The number of aliphatic imine (C=N–C) groups is 1. The second-order valence-corrected chi connectivity index (χ2v) is 7.07. The summed E-state index contributed by atoms with van der Waals surface area (Å²) in [4.78, 5) is 40.3. The molecule has 1 fully saturated rings. The number of carboxylic acid groups (broad SMARTS) is 1. The van der Waals surface area contributed by atoms with Gasteiger partial charge >= 0.3 is 5.97 Å². The Bertz CT molecular complexity index is 735. The maximum absolute atomic E-state index is 12.2. The molecule has 0 aromatic heterocycles. The Morgan fingerprint density at radius 1 is 1.15 bits per heavy atom. The summed E-state index contributed by atoms with van der Waals surface area (Å²) >= 11 is 0. The number of carboxylic acids is 1. The second kappa shape index (κ2) is 8.25. The highest BCUT2D eigenvalue weighted by Crippen LogP contribution is 2.28. The van der Waals surface area contributed by atoms with Crippen LogP contribution in [0.15, 0.2) is 23.2 Å². The van der Waals surface area contributed by atoms with Gasteiger partial charge < -0.3 is 5.11 Å². The molecule has 1 aliphatic heterocycles. The lowest BCUT2D eigenvalue weighted by atomic mass is 9.86. The first kappa shape index (κ1) is 18.3. The Hall–Kier alpha value is -2.50. The third-order valence-electron chi connectivity index (χ3n) is 5.16. The average molecular weight is 356 g/mol. The van der Waals surface area contributed by atoms with E-state index in [1.807, 2.05) is 6.21 Å². The monoisotopic (exact) mass is 356 g/mol. The van der Waals surface area contributed by atoms with Crippen molar-refractivity contribution in [1.82, 2.24) is 4.90 Å². The number of fused-ring (bicyclic) bond motifs is 1. The number of rotatable bonds is 7. The molecule has 26 heavy (non-hydrogen) atoms. The molecule has 0 atom stereocenters. The van der Waals surface area contributed by atoms with Gasteiger partial charge in [-0.15, -0.1) is 0 Å². The van der Waals surface area contributed by atoms with E-state index in [2.05, 4.69) is 4.99 Å². The molecule has 138 valence electrons. The molecule has 0 unspecified atom stereocenters. The fourth-order valence-electron chi connectivity index (χ4n) is 3.78. The van der Waals surface area contributed by atoms with Gasteiger partial charge in [-0.25, -0.2) is 0 Å². The maximum Gasteiger partial charge on any atom is 0.323 e. The van der Waals surface area contributed by atoms with Crippen molar-refractivity contribution >= 4 is 29.7 Å². The van der Waals surface area contributed by atoms with Gasteiger partial charge in [0.15, 0.2) is 0 Å². The van der Waals surface area contributed by atoms with E-state index < -0.39 is 24.3 Å². The van der Waals surface area contributed by atoms with Crippen molar-refractivity contribution in [3.8, 4) is 0 Å². The van der Waals surface area contributed by atoms with Crippen LogP contribution in [0.5, 0.6) is 0 Å². The van der Waals surface area contributed by atoms with Crippen LogP contribution in [0, 0.1) is 5.92 Å². The van der Waals surface area contributed by atoms with E-state index in [0.29, 0.717) is 5.69 Å². The number of hydrogen-bond acceptors (Lipinski definition) is 4. The van der Waals surface area contributed by atoms with Crippen LogP contribution in [0.25, 0.3) is 0 Å². The predicted octanol–water partition coefficient (Wildman–Crippen LogP) is 3.82. The fourth-order valence-corrected chi connectivity index (χ4v) is 3.78. The Morgan fingerprint density at radius 3 is 2.62 bits per heavy atom. The molecule has 1 saturated carbocycles. The summed E-state index contributed by atoms with van der Waals surface area (Å²) in [6.07, 6.45) is 11.9. The summed E-state index contributed by atoms with van der Waals surface area (Å²) in [5, 5.41) is 8.83. The molecule has 1 N–H and O–H groups in total. The lowest BCUT2D eigenvalue weighted by Crippen LogP contribution is -2.34. The Labute approximate surface area is 152 Å². The Morgan fingerprint density at radius 2 is 1.88 bits per heavy atom. The van der Waals surface area contributed by atoms with Crippen LogP contribution in [-0.4, -0.2) is 40.5 Å². The molecule has 2 amide bonds. The van der Waals surface area contributed by atoms with Gasteiger partial charge in [-0.2, -0.15) is 0 Å². The number of imide groups is 1. The van der Waals surface area contributed by atoms with E-state index in [1.54, 1.807) is 18.2 Å². The first-order chi connectivity index (χ1) is 12.6. The standard InChI is InChI=1S/C20H24N2O4/c23-18(24)13-22-19(25)16-10-9-15(12-17(16)20(22)26)21-11-5-4-8-14-6-2-1-3-7-14/h9-12,14H,1-8,13H2,(H,23,24). The molecule has 1 heterocycles.